The lowest BCUT2D eigenvalue weighted by Crippen LogP contribution is -2.38. The molecular formula is C9H12BrN3OS. The van der Waals surface area contributed by atoms with Gasteiger partial charge >= 0.3 is 0 Å². The van der Waals surface area contributed by atoms with Crippen molar-refractivity contribution in [3.63, 3.8) is 0 Å². The van der Waals surface area contributed by atoms with Crippen LogP contribution in [-0.2, 0) is 7.05 Å². The number of amides is 1. The van der Waals surface area contributed by atoms with Crippen molar-refractivity contribution in [2.75, 3.05) is 24.6 Å². The molecule has 1 saturated heterocycles. The molecule has 1 aromatic heterocycles. The molecule has 2 rings (SSSR count). The van der Waals surface area contributed by atoms with Gasteiger partial charge in [-0.2, -0.15) is 16.9 Å². The maximum Gasteiger partial charge on any atom is 0.275 e. The quantitative estimate of drug-likeness (QED) is 0.784. The molecule has 0 radical (unpaired) electrons. The van der Waals surface area contributed by atoms with E-state index in [4.69, 9.17) is 0 Å². The van der Waals surface area contributed by atoms with E-state index in [0.29, 0.717) is 5.69 Å². The van der Waals surface area contributed by atoms with Crippen LogP contribution in [0.3, 0.4) is 0 Å². The van der Waals surface area contributed by atoms with Gasteiger partial charge in [0.15, 0.2) is 5.69 Å². The van der Waals surface area contributed by atoms with E-state index in [-0.39, 0.29) is 5.91 Å². The van der Waals surface area contributed by atoms with Crippen LogP contribution in [0, 0.1) is 0 Å². The van der Waals surface area contributed by atoms with Gasteiger partial charge in [0, 0.05) is 37.8 Å². The second-order valence-corrected chi connectivity index (χ2v) is 5.48. The van der Waals surface area contributed by atoms with Gasteiger partial charge in [0.2, 0.25) is 0 Å². The summed E-state index contributed by atoms with van der Waals surface area (Å²) in [7, 11) is 1.81. The smallest absolute Gasteiger partial charge is 0.275 e. The summed E-state index contributed by atoms with van der Waals surface area (Å²) in [5.41, 5.74) is 0.518. The third-order valence-electron chi connectivity index (χ3n) is 2.29. The van der Waals surface area contributed by atoms with Crippen LogP contribution >= 0.6 is 27.7 Å². The lowest BCUT2D eigenvalue weighted by molar-refractivity contribution is 0.0765. The first-order valence-electron chi connectivity index (χ1n) is 4.74. The van der Waals surface area contributed by atoms with Crippen LogP contribution in [0.4, 0.5) is 0 Å². The highest BCUT2D eigenvalue weighted by Gasteiger charge is 2.22. The first-order valence-corrected chi connectivity index (χ1v) is 6.69. The number of hydrogen-bond donors (Lipinski definition) is 0. The molecule has 0 aromatic carbocycles. The lowest BCUT2D eigenvalue weighted by Gasteiger charge is -2.25. The van der Waals surface area contributed by atoms with E-state index in [0.717, 1.165) is 29.1 Å². The van der Waals surface area contributed by atoms with Crippen molar-refractivity contribution in [3.8, 4) is 0 Å². The second kappa shape index (κ2) is 4.57. The summed E-state index contributed by atoms with van der Waals surface area (Å²) < 4.78 is 2.42. The molecule has 1 aromatic rings. The van der Waals surface area contributed by atoms with Gasteiger partial charge in [0.1, 0.15) is 0 Å². The van der Waals surface area contributed by atoms with Gasteiger partial charge in [0.25, 0.3) is 5.91 Å². The fraction of sp³-hybridized carbons (Fsp3) is 0.556. The molecule has 0 aliphatic carbocycles. The molecule has 0 atom stereocenters. The zero-order valence-corrected chi connectivity index (χ0v) is 10.8. The Bertz CT molecular complexity index is 373. The molecule has 82 valence electrons. The van der Waals surface area contributed by atoms with Gasteiger partial charge < -0.3 is 4.90 Å². The molecule has 2 heterocycles. The number of aromatic nitrogens is 2. The second-order valence-electron chi connectivity index (χ2n) is 3.40. The molecule has 6 heteroatoms. The largest absolute Gasteiger partial charge is 0.336 e. The maximum atomic E-state index is 12.0. The van der Waals surface area contributed by atoms with Gasteiger partial charge in [-0.15, -0.1) is 0 Å². The molecule has 1 aliphatic rings. The highest BCUT2D eigenvalue weighted by molar-refractivity contribution is 9.10. The summed E-state index contributed by atoms with van der Waals surface area (Å²) in [5.74, 6) is 2.08. The molecule has 1 fully saturated rings. The SMILES string of the molecule is Cn1cc(Br)c(C(=O)N2CCSCC2)n1. The molecule has 1 aliphatic heterocycles. The Labute approximate surface area is 101 Å². The summed E-state index contributed by atoms with van der Waals surface area (Å²) in [5, 5.41) is 4.16. The van der Waals surface area contributed by atoms with Crippen molar-refractivity contribution >= 4 is 33.6 Å². The molecular weight excluding hydrogens is 278 g/mol. The minimum absolute atomic E-state index is 0.0303. The Morgan fingerprint density at radius 2 is 2.20 bits per heavy atom. The number of halogens is 1. The fourth-order valence-electron chi connectivity index (χ4n) is 1.52. The first kappa shape index (κ1) is 11.0. The topological polar surface area (TPSA) is 38.1 Å². The zero-order chi connectivity index (χ0) is 10.8. The minimum atomic E-state index is 0.0303. The van der Waals surface area contributed by atoms with Crippen molar-refractivity contribution in [1.82, 2.24) is 14.7 Å². The van der Waals surface area contributed by atoms with Crippen LogP contribution in [0.15, 0.2) is 10.7 Å². The first-order chi connectivity index (χ1) is 7.18. The van der Waals surface area contributed by atoms with Crippen LogP contribution < -0.4 is 0 Å². The van der Waals surface area contributed by atoms with E-state index in [9.17, 15) is 4.79 Å². The Hall–Kier alpha value is -0.490. The Kier molecular flexibility index (Phi) is 3.35. The van der Waals surface area contributed by atoms with E-state index in [1.165, 1.54) is 0 Å². The van der Waals surface area contributed by atoms with Crippen molar-refractivity contribution in [2.24, 2.45) is 7.05 Å². The Morgan fingerprint density at radius 3 is 2.73 bits per heavy atom. The fourth-order valence-corrected chi connectivity index (χ4v) is 2.97. The number of rotatable bonds is 1. The van der Waals surface area contributed by atoms with Crippen LogP contribution in [0.5, 0.6) is 0 Å². The summed E-state index contributed by atoms with van der Waals surface area (Å²) >= 11 is 5.24. The zero-order valence-electron chi connectivity index (χ0n) is 8.44. The van der Waals surface area contributed by atoms with E-state index in [1.54, 1.807) is 10.9 Å². The summed E-state index contributed by atoms with van der Waals surface area (Å²) in [6.45, 7) is 1.65. The van der Waals surface area contributed by atoms with E-state index in [1.807, 2.05) is 23.7 Å². The van der Waals surface area contributed by atoms with Crippen LogP contribution in [0.1, 0.15) is 10.5 Å². The molecule has 1 amide bonds. The van der Waals surface area contributed by atoms with Crippen molar-refractivity contribution in [2.45, 2.75) is 0 Å². The maximum absolute atomic E-state index is 12.0. The van der Waals surface area contributed by atoms with Crippen molar-refractivity contribution in [1.29, 1.82) is 0 Å². The van der Waals surface area contributed by atoms with Gasteiger partial charge in [-0.05, 0) is 15.9 Å². The summed E-state index contributed by atoms with van der Waals surface area (Å²) in [4.78, 5) is 13.9. The number of carbonyl (C=O) groups excluding carboxylic acids is 1. The lowest BCUT2D eigenvalue weighted by atomic mass is 10.3. The van der Waals surface area contributed by atoms with Crippen LogP contribution in [-0.4, -0.2) is 45.2 Å². The molecule has 0 unspecified atom stereocenters. The normalized spacial score (nSPS) is 16.8. The third kappa shape index (κ3) is 2.36. The van der Waals surface area contributed by atoms with Gasteiger partial charge in [0.05, 0.1) is 4.47 Å². The Morgan fingerprint density at radius 1 is 1.53 bits per heavy atom. The van der Waals surface area contributed by atoms with Crippen LogP contribution in [0.25, 0.3) is 0 Å². The number of carbonyl (C=O) groups is 1. The molecule has 4 nitrogen and oxygen atoms in total. The predicted octanol–water partition coefficient (Wildman–Crippen LogP) is 1.37. The van der Waals surface area contributed by atoms with Crippen molar-refractivity contribution < 1.29 is 4.79 Å². The average Bonchev–Trinajstić information content (AvgIpc) is 2.58. The number of aryl methyl sites for hydroxylation is 1. The van der Waals surface area contributed by atoms with E-state index < -0.39 is 0 Å². The summed E-state index contributed by atoms with van der Waals surface area (Å²) in [6.07, 6.45) is 1.80. The monoisotopic (exact) mass is 289 g/mol. The predicted molar refractivity (Wildman–Crippen MR) is 64.1 cm³/mol. The van der Waals surface area contributed by atoms with E-state index >= 15 is 0 Å². The Balaban J connectivity index is 2.16. The third-order valence-corrected chi connectivity index (χ3v) is 3.81. The minimum Gasteiger partial charge on any atom is -0.336 e. The van der Waals surface area contributed by atoms with Gasteiger partial charge in [-0.25, -0.2) is 0 Å². The van der Waals surface area contributed by atoms with Crippen molar-refractivity contribution in [3.05, 3.63) is 16.4 Å². The molecule has 0 saturated carbocycles. The molecule has 0 N–H and O–H groups in total. The molecule has 0 bridgehead atoms. The number of thioether (sulfide) groups is 1. The number of nitrogens with zero attached hydrogens (tertiary/aromatic N) is 3. The summed E-state index contributed by atoms with van der Waals surface area (Å²) in [6, 6.07) is 0. The van der Waals surface area contributed by atoms with Gasteiger partial charge in [-0.1, -0.05) is 0 Å². The molecule has 15 heavy (non-hydrogen) atoms. The number of hydrogen-bond acceptors (Lipinski definition) is 3. The highest BCUT2D eigenvalue weighted by Crippen LogP contribution is 2.18. The van der Waals surface area contributed by atoms with Gasteiger partial charge in [-0.3, -0.25) is 9.48 Å². The van der Waals surface area contributed by atoms with Crippen LogP contribution in [0.2, 0.25) is 0 Å². The standard InChI is InChI=1S/C9H12BrN3OS/c1-12-6-7(10)8(11-12)9(14)13-2-4-15-5-3-13/h6H,2-5H2,1H3. The molecule has 0 spiro atoms. The highest BCUT2D eigenvalue weighted by atomic mass is 79.9. The average molecular weight is 290 g/mol. The van der Waals surface area contributed by atoms with E-state index in [2.05, 4.69) is 21.0 Å².